The molecule has 0 saturated carbocycles. The van der Waals surface area contributed by atoms with Gasteiger partial charge in [-0.15, -0.1) is 0 Å². The number of hydrogen-bond donors (Lipinski definition) is 2. The summed E-state index contributed by atoms with van der Waals surface area (Å²) in [6, 6.07) is 12.0. The maximum Gasteiger partial charge on any atom is 0.306 e. The molecule has 2 saturated heterocycles. The Kier molecular flexibility index (Phi) is 9.79. The van der Waals surface area contributed by atoms with Gasteiger partial charge in [0, 0.05) is 13.0 Å². The first-order valence-electron chi connectivity index (χ1n) is 16.7. The van der Waals surface area contributed by atoms with Gasteiger partial charge in [0.05, 0.1) is 47.3 Å². The second kappa shape index (κ2) is 13.9. The predicted octanol–water partition coefficient (Wildman–Crippen LogP) is 4.29. The van der Waals surface area contributed by atoms with E-state index in [0.717, 1.165) is 11.1 Å². The van der Waals surface area contributed by atoms with Crippen molar-refractivity contribution in [2.24, 2.45) is 17.8 Å². The molecule has 3 amide bonds. The smallest absolute Gasteiger partial charge is 0.306 e. The summed E-state index contributed by atoms with van der Waals surface area (Å²) in [5.74, 6) is -3.89. The number of likely N-dealkylation sites (tertiary alicyclic amines) is 1. The number of ether oxygens (including phenoxy) is 2. The number of nitrogens with one attached hydrogen (secondary N) is 1. The monoisotopic (exact) mass is 675 g/mol. The Labute approximate surface area is 285 Å². The highest BCUT2D eigenvalue weighted by atomic mass is 35.5. The number of amides is 3. The van der Waals surface area contributed by atoms with E-state index < -0.39 is 65.4 Å². The van der Waals surface area contributed by atoms with Crippen molar-refractivity contribution in [3.8, 4) is 0 Å². The number of aliphatic hydroxyl groups excluding tert-OH is 1. The van der Waals surface area contributed by atoms with Gasteiger partial charge in [0.2, 0.25) is 11.8 Å². The van der Waals surface area contributed by atoms with Crippen LogP contribution in [0.1, 0.15) is 50.3 Å². The maximum atomic E-state index is 15.2. The summed E-state index contributed by atoms with van der Waals surface area (Å²) < 4.78 is 12.2. The molecule has 4 aliphatic rings. The molecule has 0 aliphatic carbocycles. The molecule has 4 aliphatic heterocycles. The molecular formula is C37H42ClN3O7. The largest absolute Gasteiger partial charge is 0.463 e. The number of esters is 1. The topological polar surface area (TPSA) is 125 Å². The van der Waals surface area contributed by atoms with E-state index in [1.807, 2.05) is 63.2 Å². The fourth-order valence-corrected chi connectivity index (χ4v) is 8.01. The van der Waals surface area contributed by atoms with Crippen LogP contribution in [0.5, 0.6) is 0 Å². The van der Waals surface area contributed by atoms with Crippen molar-refractivity contribution in [3.63, 3.8) is 0 Å². The van der Waals surface area contributed by atoms with E-state index in [4.69, 9.17) is 21.1 Å². The van der Waals surface area contributed by atoms with E-state index in [1.54, 1.807) is 35.3 Å². The Morgan fingerprint density at radius 1 is 1.06 bits per heavy atom. The normalized spacial score (nSPS) is 31.0. The molecular weight excluding hydrogens is 634 g/mol. The van der Waals surface area contributed by atoms with Crippen molar-refractivity contribution in [3.05, 3.63) is 89.0 Å². The number of benzene rings is 2. The van der Waals surface area contributed by atoms with Crippen LogP contribution in [0.25, 0.3) is 0 Å². The summed E-state index contributed by atoms with van der Waals surface area (Å²) >= 11 is 6.75. The molecule has 254 valence electrons. The maximum absolute atomic E-state index is 15.2. The molecule has 5 bridgehead atoms. The van der Waals surface area contributed by atoms with E-state index in [-0.39, 0.29) is 32.1 Å². The zero-order chi connectivity index (χ0) is 34.2. The van der Waals surface area contributed by atoms with E-state index in [9.17, 15) is 19.5 Å². The van der Waals surface area contributed by atoms with Gasteiger partial charge in [-0.05, 0) is 36.5 Å². The number of anilines is 1. The summed E-state index contributed by atoms with van der Waals surface area (Å²) in [7, 11) is 0. The number of allylic oxidation sites excluding steroid dienone is 1. The molecule has 2 aromatic rings. The zero-order valence-corrected chi connectivity index (χ0v) is 28.1. The van der Waals surface area contributed by atoms with Gasteiger partial charge < -0.3 is 29.7 Å². The van der Waals surface area contributed by atoms with Crippen LogP contribution < -0.4 is 10.2 Å². The highest BCUT2D eigenvalue weighted by Crippen LogP contribution is 2.56. The molecule has 2 aromatic carbocycles. The number of fused-ring (bicyclic) bond motifs is 2. The summed E-state index contributed by atoms with van der Waals surface area (Å²) in [6.45, 7) is 5.38. The summed E-state index contributed by atoms with van der Waals surface area (Å²) in [4.78, 5) is 60.0. The highest BCUT2D eigenvalue weighted by molar-refractivity contribution is 6.34. The molecule has 0 radical (unpaired) electrons. The summed E-state index contributed by atoms with van der Waals surface area (Å²) in [5, 5.41) is 14.1. The first-order chi connectivity index (χ1) is 23.1. The first-order valence-corrected chi connectivity index (χ1v) is 17.0. The molecule has 10 nitrogen and oxygen atoms in total. The van der Waals surface area contributed by atoms with E-state index >= 15 is 4.79 Å². The van der Waals surface area contributed by atoms with Crippen LogP contribution in [0.4, 0.5) is 5.69 Å². The number of nitrogens with zero attached hydrogens (tertiary/aromatic N) is 2. The number of cyclic esters (lactones) is 1. The van der Waals surface area contributed by atoms with Crippen molar-refractivity contribution in [1.29, 1.82) is 0 Å². The Bertz CT molecular complexity index is 1610. The number of carbonyl (C=O) groups excluding carboxylic acids is 4. The first kappa shape index (κ1) is 33.9. The Morgan fingerprint density at radius 3 is 2.54 bits per heavy atom. The second-order valence-electron chi connectivity index (χ2n) is 13.1. The van der Waals surface area contributed by atoms with Crippen LogP contribution in [0, 0.1) is 24.7 Å². The van der Waals surface area contributed by atoms with Crippen molar-refractivity contribution < 1.29 is 33.8 Å². The summed E-state index contributed by atoms with van der Waals surface area (Å²) in [6.07, 6.45) is 7.47. The van der Waals surface area contributed by atoms with Crippen molar-refractivity contribution in [2.75, 3.05) is 24.7 Å². The average Bonchev–Trinajstić information content (AvgIpc) is 3.73. The van der Waals surface area contributed by atoms with Crippen LogP contribution >= 0.6 is 11.6 Å². The molecule has 2 fully saturated rings. The third-order valence-corrected chi connectivity index (χ3v) is 10.6. The minimum Gasteiger partial charge on any atom is -0.463 e. The van der Waals surface area contributed by atoms with Crippen LogP contribution in [0.2, 0.25) is 5.02 Å². The van der Waals surface area contributed by atoms with E-state index in [1.165, 1.54) is 4.90 Å². The molecule has 8 atom stereocenters. The number of rotatable bonds is 6. The SMILES string of the molecule is CC[C@H](C)[C@H](CO)N1C(=O)[C@H]2[C@@H]3C(=O)N[C@H](c4ccccc4)COC(=O)CC/C=C\CN(c4c(C)cccc4Cl)C(=O)[C@H]1[C@@]21C=C[C@@H]3O1. The van der Waals surface area contributed by atoms with Crippen LogP contribution in [-0.2, 0) is 28.7 Å². The van der Waals surface area contributed by atoms with Gasteiger partial charge in [0.15, 0.2) is 0 Å². The van der Waals surface area contributed by atoms with Gasteiger partial charge in [-0.25, -0.2) is 0 Å². The van der Waals surface area contributed by atoms with Gasteiger partial charge >= 0.3 is 5.97 Å². The van der Waals surface area contributed by atoms with Crippen molar-refractivity contribution in [1.82, 2.24) is 10.2 Å². The van der Waals surface area contributed by atoms with Crippen LogP contribution in [0.15, 0.2) is 72.8 Å². The number of para-hydroxylation sites is 1. The van der Waals surface area contributed by atoms with E-state index in [0.29, 0.717) is 23.6 Å². The molecule has 48 heavy (non-hydrogen) atoms. The third kappa shape index (κ3) is 5.84. The molecule has 0 aromatic heterocycles. The highest BCUT2D eigenvalue weighted by Gasteiger charge is 2.74. The predicted molar refractivity (Wildman–Crippen MR) is 180 cm³/mol. The quantitative estimate of drug-likeness (QED) is 0.346. The molecule has 0 unspecified atom stereocenters. The van der Waals surface area contributed by atoms with Crippen LogP contribution in [-0.4, -0.2) is 77.2 Å². The average molecular weight is 676 g/mol. The number of hydrogen-bond acceptors (Lipinski definition) is 7. The summed E-state index contributed by atoms with van der Waals surface area (Å²) in [5.41, 5.74) is 0.516. The fourth-order valence-electron chi connectivity index (χ4n) is 7.68. The number of aliphatic hydroxyl groups is 1. The van der Waals surface area contributed by atoms with Gasteiger partial charge in [-0.3, -0.25) is 19.2 Å². The molecule has 2 N–H and O–H groups in total. The minimum atomic E-state index is -1.46. The lowest BCUT2D eigenvalue weighted by molar-refractivity contribution is -0.147. The van der Waals surface area contributed by atoms with Gasteiger partial charge in [0.1, 0.15) is 18.2 Å². The molecule has 1 spiro atoms. The molecule has 6 rings (SSSR count). The van der Waals surface area contributed by atoms with Gasteiger partial charge in [-0.2, -0.15) is 0 Å². The van der Waals surface area contributed by atoms with Gasteiger partial charge in [0.25, 0.3) is 5.91 Å². The number of carbonyl (C=O) groups is 4. The molecule has 11 heteroatoms. The standard InChI is InChI=1S/C37H42ClN3O7/c1-4-22(2)27(20-42)41-33-36(46)40(32-23(3)12-11-15-25(32)38)19-10-6-9-16-29(43)47-21-26(24-13-7-5-8-14-24)39-34(44)30-28-17-18-37(33,48-28)31(30)35(41)45/h5-8,10-15,17-18,22,26-28,30-31,33,42H,4,9,16,19-21H2,1-3H3,(H,39,44)/b10-6-/t22-,26-,27-,28-,30+,31+,33-,37+/m0/s1. The zero-order valence-electron chi connectivity index (χ0n) is 27.4. The van der Waals surface area contributed by atoms with Crippen molar-refractivity contribution in [2.45, 2.75) is 69.9 Å². The number of aryl methyl sites for hydroxylation is 1. The third-order valence-electron chi connectivity index (χ3n) is 10.3. The Morgan fingerprint density at radius 2 is 1.83 bits per heavy atom. The molecule has 4 heterocycles. The Balaban J connectivity index is 1.49. The van der Waals surface area contributed by atoms with Crippen molar-refractivity contribution >= 4 is 41.0 Å². The van der Waals surface area contributed by atoms with E-state index in [2.05, 4.69) is 5.32 Å². The fraction of sp³-hybridized carbons (Fsp3) is 0.459. The number of halogens is 1. The minimum absolute atomic E-state index is 0.0937. The lowest BCUT2D eigenvalue weighted by atomic mass is 9.74. The second-order valence-corrected chi connectivity index (χ2v) is 13.5. The lowest BCUT2D eigenvalue weighted by Crippen LogP contribution is -2.59. The van der Waals surface area contributed by atoms with Gasteiger partial charge in [-0.1, -0.05) is 98.6 Å². The van der Waals surface area contributed by atoms with Crippen LogP contribution in [0.3, 0.4) is 0 Å². The lowest BCUT2D eigenvalue weighted by Gasteiger charge is -2.40. The Hall–Kier alpha value is -3.99.